The second kappa shape index (κ2) is 6.70. The first-order chi connectivity index (χ1) is 9.56. The van der Waals surface area contributed by atoms with Crippen LogP contribution in [-0.4, -0.2) is 23.6 Å². The van der Waals surface area contributed by atoms with Crippen LogP contribution in [0.25, 0.3) is 0 Å². The van der Waals surface area contributed by atoms with Crippen LogP contribution in [0.3, 0.4) is 0 Å². The molecule has 0 radical (unpaired) electrons. The van der Waals surface area contributed by atoms with E-state index in [9.17, 15) is 10.1 Å². The molecular formula is C15H23N3O2. The zero-order chi connectivity index (χ0) is 14.5. The molecule has 0 spiro atoms. The predicted molar refractivity (Wildman–Crippen MR) is 81.2 cm³/mol. The molecule has 0 bridgehead atoms. The Morgan fingerprint density at radius 3 is 2.95 bits per heavy atom. The van der Waals surface area contributed by atoms with Crippen LogP contribution in [0.5, 0.6) is 0 Å². The molecule has 1 aromatic carbocycles. The number of rotatable bonds is 5. The fourth-order valence-corrected chi connectivity index (χ4v) is 2.79. The summed E-state index contributed by atoms with van der Waals surface area (Å²) in [6.45, 7) is 4.99. The monoisotopic (exact) mass is 277 g/mol. The van der Waals surface area contributed by atoms with Gasteiger partial charge in [-0.05, 0) is 45.7 Å². The van der Waals surface area contributed by atoms with Crippen molar-refractivity contribution in [3.05, 3.63) is 33.9 Å². The average Bonchev–Trinajstić information content (AvgIpc) is 2.41. The van der Waals surface area contributed by atoms with E-state index in [2.05, 4.69) is 17.6 Å². The summed E-state index contributed by atoms with van der Waals surface area (Å²) in [4.78, 5) is 10.6. The number of aryl methyl sites for hydroxylation is 1. The molecule has 2 atom stereocenters. The number of hydrogen-bond donors (Lipinski definition) is 2. The smallest absolute Gasteiger partial charge is 0.274 e. The van der Waals surface area contributed by atoms with Crippen LogP contribution in [0, 0.1) is 17.0 Å². The van der Waals surface area contributed by atoms with Gasteiger partial charge in [0.25, 0.3) is 5.69 Å². The maximum Gasteiger partial charge on any atom is 0.274 e. The van der Waals surface area contributed by atoms with Gasteiger partial charge in [-0.3, -0.25) is 10.1 Å². The molecule has 1 saturated heterocycles. The molecule has 2 unspecified atom stereocenters. The Bertz CT molecular complexity index is 470. The van der Waals surface area contributed by atoms with Gasteiger partial charge in [0.05, 0.1) is 4.92 Å². The van der Waals surface area contributed by atoms with Crippen molar-refractivity contribution in [1.82, 2.24) is 5.32 Å². The van der Waals surface area contributed by atoms with Crippen LogP contribution in [0.4, 0.5) is 11.4 Å². The quantitative estimate of drug-likeness (QED) is 0.640. The van der Waals surface area contributed by atoms with Crippen LogP contribution < -0.4 is 10.6 Å². The number of nitrogens with zero attached hydrogens (tertiary/aromatic N) is 1. The van der Waals surface area contributed by atoms with Crippen LogP contribution in [-0.2, 0) is 0 Å². The zero-order valence-electron chi connectivity index (χ0n) is 12.2. The van der Waals surface area contributed by atoms with E-state index in [0.717, 1.165) is 18.7 Å². The van der Waals surface area contributed by atoms with Gasteiger partial charge in [0.1, 0.15) is 0 Å². The molecule has 0 aliphatic carbocycles. The molecular weight excluding hydrogens is 254 g/mol. The van der Waals surface area contributed by atoms with E-state index in [4.69, 9.17) is 0 Å². The van der Waals surface area contributed by atoms with Gasteiger partial charge < -0.3 is 10.6 Å². The Hall–Kier alpha value is -1.62. The molecule has 2 N–H and O–H groups in total. The first kappa shape index (κ1) is 14.8. The number of hydrogen-bond acceptors (Lipinski definition) is 4. The van der Waals surface area contributed by atoms with Crippen molar-refractivity contribution in [3.8, 4) is 0 Å². The number of piperidine rings is 1. The minimum atomic E-state index is -0.326. The van der Waals surface area contributed by atoms with Crippen molar-refractivity contribution in [2.75, 3.05) is 11.9 Å². The maximum absolute atomic E-state index is 10.9. The number of anilines is 1. The Morgan fingerprint density at radius 2 is 2.30 bits per heavy atom. The number of nitro groups is 1. The summed E-state index contributed by atoms with van der Waals surface area (Å²) < 4.78 is 0. The lowest BCUT2D eigenvalue weighted by molar-refractivity contribution is -0.385. The number of nitrogens with one attached hydrogen (secondary N) is 2. The second-order valence-corrected chi connectivity index (χ2v) is 5.69. The lowest BCUT2D eigenvalue weighted by Crippen LogP contribution is -2.37. The molecule has 1 fully saturated rings. The number of nitro benzene ring substituents is 1. The Morgan fingerprint density at radius 1 is 1.50 bits per heavy atom. The lowest BCUT2D eigenvalue weighted by Gasteiger charge is -2.27. The molecule has 1 aliphatic heterocycles. The summed E-state index contributed by atoms with van der Waals surface area (Å²) in [5.41, 5.74) is 1.70. The molecule has 110 valence electrons. The summed E-state index contributed by atoms with van der Waals surface area (Å²) in [6.07, 6.45) is 4.82. The third kappa shape index (κ3) is 3.93. The molecule has 1 heterocycles. The largest absolute Gasteiger partial charge is 0.382 e. The zero-order valence-corrected chi connectivity index (χ0v) is 12.2. The maximum atomic E-state index is 10.9. The minimum absolute atomic E-state index is 0.179. The van der Waals surface area contributed by atoms with Crippen molar-refractivity contribution in [1.29, 1.82) is 0 Å². The van der Waals surface area contributed by atoms with E-state index in [1.165, 1.54) is 19.3 Å². The summed E-state index contributed by atoms with van der Waals surface area (Å²) in [5.74, 6) is 0. The van der Waals surface area contributed by atoms with E-state index in [1.54, 1.807) is 19.1 Å². The van der Waals surface area contributed by atoms with Crippen LogP contribution >= 0.6 is 0 Å². The fourth-order valence-electron chi connectivity index (χ4n) is 2.79. The molecule has 20 heavy (non-hydrogen) atoms. The third-order valence-electron chi connectivity index (χ3n) is 3.87. The van der Waals surface area contributed by atoms with Crippen molar-refractivity contribution < 1.29 is 4.92 Å². The van der Waals surface area contributed by atoms with E-state index in [0.29, 0.717) is 17.6 Å². The molecule has 5 nitrogen and oxygen atoms in total. The highest BCUT2D eigenvalue weighted by Crippen LogP contribution is 2.23. The van der Waals surface area contributed by atoms with Crippen LogP contribution in [0.1, 0.15) is 38.2 Å². The highest BCUT2D eigenvalue weighted by molar-refractivity contribution is 5.55. The molecule has 0 saturated carbocycles. The van der Waals surface area contributed by atoms with Crippen molar-refractivity contribution >= 4 is 11.4 Å². The SMILES string of the molecule is Cc1ccc(NC(C)CC2CCCCN2)cc1[N+](=O)[O-]. The van der Waals surface area contributed by atoms with Crippen molar-refractivity contribution in [3.63, 3.8) is 0 Å². The molecule has 1 aromatic rings. The van der Waals surface area contributed by atoms with Gasteiger partial charge in [-0.1, -0.05) is 12.5 Å². The Balaban J connectivity index is 1.95. The highest BCUT2D eigenvalue weighted by Gasteiger charge is 2.17. The second-order valence-electron chi connectivity index (χ2n) is 5.69. The summed E-state index contributed by atoms with van der Waals surface area (Å²) in [5, 5.41) is 17.8. The molecule has 2 rings (SSSR count). The van der Waals surface area contributed by atoms with E-state index in [1.807, 2.05) is 6.07 Å². The van der Waals surface area contributed by atoms with Gasteiger partial charge in [-0.2, -0.15) is 0 Å². The first-order valence-electron chi connectivity index (χ1n) is 7.31. The van der Waals surface area contributed by atoms with E-state index >= 15 is 0 Å². The molecule has 0 amide bonds. The summed E-state index contributed by atoms with van der Waals surface area (Å²) in [7, 11) is 0. The summed E-state index contributed by atoms with van der Waals surface area (Å²) in [6, 6.07) is 6.19. The van der Waals surface area contributed by atoms with E-state index in [-0.39, 0.29) is 10.6 Å². The van der Waals surface area contributed by atoms with Gasteiger partial charge in [0.2, 0.25) is 0 Å². The van der Waals surface area contributed by atoms with Gasteiger partial charge in [-0.15, -0.1) is 0 Å². The fraction of sp³-hybridized carbons (Fsp3) is 0.600. The predicted octanol–water partition coefficient (Wildman–Crippen LogP) is 3.24. The highest BCUT2D eigenvalue weighted by atomic mass is 16.6. The molecule has 5 heteroatoms. The van der Waals surface area contributed by atoms with Gasteiger partial charge in [0, 0.05) is 29.4 Å². The Kier molecular flexibility index (Phi) is 4.95. The van der Waals surface area contributed by atoms with Crippen LogP contribution in [0.2, 0.25) is 0 Å². The molecule has 1 aliphatic rings. The number of benzene rings is 1. The average molecular weight is 277 g/mol. The van der Waals surface area contributed by atoms with Crippen LogP contribution in [0.15, 0.2) is 18.2 Å². The normalized spacial score (nSPS) is 20.4. The molecule has 0 aromatic heterocycles. The van der Waals surface area contributed by atoms with Gasteiger partial charge in [-0.25, -0.2) is 0 Å². The van der Waals surface area contributed by atoms with Gasteiger partial charge >= 0.3 is 0 Å². The topological polar surface area (TPSA) is 67.2 Å². The Labute approximate surface area is 119 Å². The first-order valence-corrected chi connectivity index (χ1v) is 7.31. The van der Waals surface area contributed by atoms with Crippen molar-refractivity contribution in [2.24, 2.45) is 0 Å². The standard InChI is InChI=1S/C15H23N3O2/c1-11-6-7-14(10-15(11)18(19)20)17-12(2)9-13-5-3-4-8-16-13/h6-7,10,12-13,16-17H,3-5,8-9H2,1-2H3. The lowest BCUT2D eigenvalue weighted by atomic mass is 9.98. The summed E-state index contributed by atoms with van der Waals surface area (Å²) >= 11 is 0. The third-order valence-corrected chi connectivity index (χ3v) is 3.87. The minimum Gasteiger partial charge on any atom is -0.382 e. The van der Waals surface area contributed by atoms with Gasteiger partial charge in [0.15, 0.2) is 0 Å². The van der Waals surface area contributed by atoms with Crippen molar-refractivity contribution in [2.45, 2.75) is 51.6 Å². The van der Waals surface area contributed by atoms with E-state index < -0.39 is 0 Å².